The van der Waals surface area contributed by atoms with Crippen molar-refractivity contribution < 1.29 is 5.11 Å². The van der Waals surface area contributed by atoms with Gasteiger partial charge < -0.3 is 15.7 Å². The van der Waals surface area contributed by atoms with Crippen molar-refractivity contribution in [1.29, 1.82) is 0 Å². The van der Waals surface area contributed by atoms with Crippen LogP contribution in [0.3, 0.4) is 0 Å². The number of aliphatic hydroxyl groups is 1. The molecule has 98 valence electrons. The first-order chi connectivity index (χ1) is 8.54. The average molecular weight is 265 g/mol. The number of thiocarbonyl (C=S) groups is 1. The molecule has 1 saturated heterocycles. The molecule has 18 heavy (non-hydrogen) atoms. The van der Waals surface area contributed by atoms with E-state index in [1.807, 2.05) is 19.9 Å². The molecule has 5 heteroatoms. The third kappa shape index (κ3) is 2.33. The lowest BCUT2D eigenvalue weighted by molar-refractivity contribution is 0.266. The van der Waals surface area contributed by atoms with Crippen LogP contribution in [0.4, 0.5) is 5.82 Å². The predicted molar refractivity (Wildman–Crippen MR) is 77.1 cm³/mol. The molecular weight excluding hydrogens is 246 g/mol. The molecule has 0 spiro atoms. The van der Waals surface area contributed by atoms with Crippen LogP contribution in [0.5, 0.6) is 0 Å². The number of pyridine rings is 1. The average Bonchev–Trinajstić information content (AvgIpc) is 2.74. The second-order valence-corrected chi connectivity index (χ2v) is 5.26. The minimum atomic E-state index is 0.131. The van der Waals surface area contributed by atoms with Gasteiger partial charge in [0.2, 0.25) is 0 Å². The summed E-state index contributed by atoms with van der Waals surface area (Å²) in [5.74, 6) is 0.830. The van der Waals surface area contributed by atoms with Crippen LogP contribution in [0.25, 0.3) is 0 Å². The number of aliphatic hydroxyl groups excluding tert-OH is 1. The van der Waals surface area contributed by atoms with Crippen LogP contribution in [0.15, 0.2) is 6.07 Å². The maximum absolute atomic E-state index is 9.43. The van der Waals surface area contributed by atoms with Gasteiger partial charge in [-0.3, -0.25) is 0 Å². The molecule has 1 unspecified atom stereocenters. The van der Waals surface area contributed by atoms with Gasteiger partial charge in [-0.05, 0) is 38.3 Å². The summed E-state index contributed by atoms with van der Waals surface area (Å²) in [5.41, 5.74) is 8.67. The lowest BCUT2D eigenvalue weighted by Crippen LogP contribution is -2.35. The lowest BCUT2D eigenvalue weighted by Gasteiger charge is -2.27. The first-order valence-corrected chi connectivity index (χ1v) is 6.61. The summed E-state index contributed by atoms with van der Waals surface area (Å²) in [6.45, 7) is 5.00. The van der Waals surface area contributed by atoms with Gasteiger partial charge in [0.15, 0.2) is 0 Å². The minimum Gasteiger partial charge on any atom is -0.394 e. The van der Waals surface area contributed by atoms with Gasteiger partial charge in [0.1, 0.15) is 10.8 Å². The zero-order valence-electron chi connectivity index (χ0n) is 10.8. The number of aromatic nitrogens is 1. The number of rotatable bonds is 3. The maximum Gasteiger partial charge on any atom is 0.139 e. The lowest BCUT2D eigenvalue weighted by atomic mass is 10.1. The third-order valence-corrected chi connectivity index (χ3v) is 3.64. The van der Waals surface area contributed by atoms with E-state index in [9.17, 15) is 5.11 Å². The molecule has 0 aromatic carbocycles. The Balaban J connectivity index is 2.51. The molecule has 4 nitrogen and oxygen atoms in total. The molecule has 0 bridgehead atoms. The zero-order chi connectivity index (χ0) is 13.3. The number of hydrogen-bond donors (Lipinski definition) is 2. The standard InChI is InChI=1S/C13H19N3OS/c1-8-6-9(2)15-13(11(8)12(14)18)16-5-3-4-10(16)7-17/h6,10,17H,3-5,7H2,1-2H3,(H2,14,18). The van der Waals surface area contributed by atoms with Crippen molar-refractivity contribution in [1.82, 2.24) is 4.98 Å². The third-order valence-electron chi connectivity index (χ3n) is 3.43. The number of aryl methyl sites for hydroxylation is 2. The van der Waals surface area contributed by atoms with Gasteiger partial charge >= 0.3 is 0 Å². The van der Waals surface area contributed by atoms with Crippen molar-refractivity contribution in [2.45, 2.75) is 32.7 Å². The SMILES string of the molecule is Cc1cc(C)c(C(N)=S)c(N2CCCC2CO)n1. The van der Waals surface area contributed by atoms with Crippen LogP contribution in [-0.4, -0.2) is 34.3 Å². The van der Waals surface area contributed by atoms with Gasteiger partial charge in [-0.1, -0.05) is 12.2 Å². The topological polar surface area (TPSA) is 62.4 Å². The Morgan fingerprint density at radius 3 is 2.94 bits per heavy atom. The van der Waals surface area contributed by atoms with Crippen molar-refractivity contribution in [3.63, 3.8) is 0 Å². The summed E-state index contributed by atoms with van der Waals surface area (Å²) >= 11 is 5.14. The Labute approximate surface area is 113 Å². The molecule has 1 aliphatic heterocycles. The summed E-state index contributed by atoms with van der Waals surface area (Å²) in [6.07, 6.45) is 2.05. The zero-order valence-corrected chi connectivity index (χ0v) is 11.6. The summed E-state index contributed by atoms with van der Waals surface area (Å²) in [5, 5.41) is 9.43. The smallest absolute Gasteiger partial charge is 0.139 e. The molecule has 1 atom stereocenters. The fraction of sp³-hybridized carbons (Fsp3) is 0.538. The molecule has 0 aliphatic carbocycles. The first-order valence-electron chi connectivity index (χ1n) is 6.20. The van der Waals surface area contributed by atoms with Crippen molar-refractivity contribution in [3.05, 3.63) is 22.9 Å². The second kappa shape index (κ2) is 5.20. The van der Waals surface area contributed by atoms with E-state index in [2.05, 4.69) is 9.88 Å². The van der Waals surface area contributed by atoms with Crippen molar-refractivity contribution in [2.24, 2.45) is 5.73 Å². The Morgan fingerprint density at radius 1 is 1.61 bits per heavy atom. The van der Waals surface area contributed by atoms with Crippen LogP contribution < -0.4 is 10.6 Å². The van der Waals surface area contributed by atoms with Crippen LogP contribution in [0, 0.1) is 13.8 Å². The van der Waals surface area contributed by atoms with E-state index < -0.39 is 0 Å². The molecule has 0 amide bonds. The number of hydrogen-bond acceptors (Lipinski definition) is 4. The molecule has 2 rings (SSSR count). The largest absolute Gasteiger partial charge is 0.394 e. The van der Waals surface area contributed by atoms with Crippen molar-refractivity contribution in [2.75, 3.05) is 18.1 Å². The van der Waals surface area contributed by atoms with Gasteiger partial charge in [-0.25, -0.2) is 4.98 Å². The molecular formula is C13H19N3OS. The van der Waals surface area contributed by atoms with Gasteiger partial charge in [-0.15, -0.1) is 0 Å². The molecule has 1 aromatic rings. The normalized spacial score (nSPS) is 19.3. The minimum absolute atomic E-state index is 0.131. The Hall–Kier alpha value is -1.20. The summed E-state index contributed by atoms with van der Waals surface area (Å²) < 4.78 is 0. The molecule has 1 aromatic heterocycles. The molecule has 1 aliphatic rings. The molecule has 0 saturated carbocycles. The van der Waals surface area contributed by atoms with Crippen molar-refractivity contribution in [3.8, 4) is 0 Å². The van der Waals surface area contributed by atoms with E-state index in [1.165, 1.54) is 0 Å². The molecule has 1 fully saturated rings. The predicted octanol–water partition coefficient (Wildman–Crippen LogP) is 1.29. The van der Waals surface area contributed by atoms with Gasteiger partial charge in [-0.2, -0.15) is 0 Å². The summed E-state index contributed by atoms with van der Waals surface area (Å²) in [6, 6.07) is 2.12. The Bertz CT molecular complexity index is 476. The van der Waals surface area contributed by atoms with E-state index in [4.69, 9.17) is 18.0 Å². The van der Waals surface area contributed by atoms with Gasteiger partial charge in [0.05, 0.1) is 18.2 Å². The fourth-order valence-corrected chi connectivity index (χ4v) is 2.89. The highest BCUT2D eigenvalue weighted by Crippen LogP contribution is 2.29. The quantitative estimate of drug-likeness (QED) is 0.807. The van der Waals surface area contributed by atoms with Crippen LogP contribution in [0.1, 0.15) is 29.7 Å². The van der Waals surface area contributed by atoms with Crippen molar-refractivity contribution >= 4 is 23.0 Å². The van der Waals surface area contributed by atoms with E-state index in [-0.39, 0.29) is 12.6 Å². The molecule has 2 heterocycles. The fourth-order valence-electron chi connectivity index (χ4n) is 2.63. The summed E-state index contributed by atoms with van der Waals surface area (Å²) in [4.78, 5) is 7.09. The Kier molecular flexibility index (Phi) is 3.82. The van der Waals surface area contributed by atoms with Gasteiger partial charge in [0, 0.05) is 12.2 Å². The highest BCUT2D eigenvalue weighted by molar-refractivity contribution is 7.80. The molecule has 0 radical (unpaired) electrons. The number of nitrogens with two attached hydrogens (primary N) is 1. The van der Waals surface area contributed by atoms with Gasteiger partial charge in [0.25, 0.3) is 0 Å². The van der Waals surface area contributed by atoms with Crippen LogP contribution in [0.2, 0.25) is 0 Å². The highest BCUT2D eigenvalue weighted by atomic mass is 32.1. The van der Waals surface area contributed by atoms with E-state index in [1.54, 1.807) is 0 Å². The molecule has 3 N–H and O–H groups in total. The first kappa shape index (κ1) is 13.2. The van der Waals surface area contributed by atoms with E-state index in [0.717, 1.165) is 42.0 Å². The van der Waals surface area contributed by atoms with E-state index in [0.29, 0.717) is 4.99 Å². The number of nitrogens with zero attached hydrogens (tertiary/aromatic N) is 2. The van der Waals surface area contributed by atoms with Crippen LogP contribution >= 0.6 is 12.2 Å². The maximum atomic E-state index is 9.43. The summed E-state index contributed by atoms with van der Waals surface area (Å²) in [7, 11) is 0. The number of anilines is 1. The second-order valence-electron chi connectivity index (χ2n) is 4.82. The highest BCUT2D eigenvalue weighted by Gasteiger charge is 2.28. The monoisotopic (exact) mass is 265 g/mol. The van der Waals surface area contributed by atoms with Crippen LogP contribution in [-0.2, 0) is 0 Å². The van der Waals surface area contributed by atoms with E-state index >= 15 is 0 Å². The Morgan fingerprint density at radius 2 is 2.33 bits per heavy atom.